The number of hydrogen-bond donors (Lipinski definition) is 0. The lowest BCUT2D eigenvalue weighted by molar-refractivity contribution is 0.181. The minimum absolute atomic E-state index is 0.704. The average Bonchev–Trinajstić information content (AvgIpc) is 2.63. The van der Waals surface area contributed by atoms with E-state index in [0.717, 1.165) is 0 Å². The van der Waals surface area contributed by atoms with Gasteiger partial charge >= 0.3 is 0 Å². The molecule has 0 bridgehead atoms. The van der Waals surface area contributed by atoms with E-state index in [1.54, 1.807) is 30.1 Å². The van der Waals surface area contributed by atoms with E-state index in [1.165, 1.54) is 0 Å². The molecule has 0 spiro atoms. The largest absolute Gasteiger partial charge is 0.276 e. The molecule has 0 unspecified atom stereocenters. The van der Waals surface area contributed by atoms with Gasteiger partial charge in [-0.3, -0.25) is 4.84 Å². The predicted octanol–water partition coefficient (Wildman–Crippen LogP) is 0.122. The molecule has 0 aliphatic carbocycles. The number of rotatable bonds is 2. The first-order valence-corrected chi connectivity index (χ1v) is 3.76. The molecule has 2 rings (SSSR count). The second-order valence-electron chi connectivity index (χ2n) is 2.51. The van der Waals surface area contributed by atoms with E-state index >= 15 is 0 Å². The zero-order valence-corrected chi connectivity index (χ0v) is 7.38. The van der Waals surface area contributed by atoms with Crippen LogP contribution in [0.3, 0.4) is 0 Å². The highest BCUT2D eigenvalue weighted by molar-refractivity contribution is 5.42. The van der Waals surface area contributed by atoms with Crippen LogP contribution in [0.25, 0.3) is 5.65 Å². The molecule has 2 aromatic rings. The number of fused-ring (bicyclic) bond motifs is 1. The zero-order valence-electron chi connectivity index (χ0n) is 7.38. The maximum atomic E-state index is 4.98. The van der Waals surface area contributed by atoms with Gasteiger partial charge in [0.1, 0.15) is 6.33 Å². The van der Waals surface area contributed by atoms with Crippen molar-refractivity contribution in [1.29, 1.82) is 0 Å². The van der Waals surface area contributed by atoms with Crippen LogP contribution in [0.4, 0.5) is 5.82 Å². The molecule has 2 aromatic heterocycles. The summed E-state index contributed by atoms with van der Waals surface area (Å²) in [6, 6.07) is 3.64. The first-order valence-electron chi connectivity index (χ1n) is 3.76. The molecule has 0 radical (unpaired) electrons. The van der Waals surface area contributed by atoms with E-state index in [1.807, 2.05) is 12.1 Å². The van der Waals surface area contributed by atoms with Crippen molar-refractivity contribution in [3.63, 3.8) is 0 Å². The van der Waals surface area contributed by atoms with Crippen molar-refractivity contribution >= 4 is 11.5 Å². The van der Waals surface area contributed by atoms with Gasteiger partial charge < -0.3 is 0 Å². The summed E-state index contributed by atoms with van der Waals surface area (Å²) in [4.78, 5) is 4.98. The summed E-state index contributed by atoms with van der Waals surface area (Å²) >= 11 is 0. The van der Waals surface area contributed by atoms with E-state index in [4.69, 9.17) is 4.84 Å². The summed E-state index contributed by atoms with van der Waals surface area (Å²) in [6.45, 7) is 0. The Morgan fingerprint density at radius 1 is 1.46 bits per heavy atom. The molecule has 0 aliphatic rings. The van der Waals surface area contributed by atoms with Gasteiger partial charge in [0.05, 0.1) is 7.11 Å². The van der Waals surface area contributed by atoms with Gasteiger partial charge in [-0.15, -0.1) is 15.3 Å². The van der Waals surface area contributed by atoms with Crippen molar-refractivity contribution in [1.82, 2.24) is 19.8 Å². The Bertz CT molecular complexity index is 412. The third-order valence-electron chi connectivity index (χ3n) is 1.74. The normalized spacial score (nSPS) is 10.6. The number of aromatic nitrogens is 4. The Hall–Kier alpha value is -1.69. The van der Waals surface area contributed by atoms with Crippen LogP contribution in [0.1, 0.15) is 0 Å². The van der Waals surface area contributed by atoms with E-state index in [0.29, 0.717) is 11.5 Å². The first kappa shape index (κ1) is 7.93. The molecule has 0 N–H and O–H groups in total. The standard InChI is InChI=1S/C7H9N5O/c1-11(13-2)7-4-3-6-9-8-5-12(6)10-7/h3-5H,1-2H3. The second-order valence-corrected chi connectivity index (χ2v) is 2.51. The number of anilines is 1. The summed E-state index contributed by atoms with van der Waals surface area (Å²) in [5.41, 5.74) is 0.716. The van der Waals surface area contributed by atoms with E-state index in [2.05, 4.69) is 15.3 Å². The van der Waals surface area contributed by atoms with Gasteiger partial charge in [-0.1, -0.05) is 0 Å². The van der Waals surface area contributed by atoms with Crippen LogP contribution in [0, 0.1) is 0 Å². The average molecular weight is 179 g/mol. The van der Waals surface area contributed by atoms with Gasteiger partial charge in [-0.2, -0.15) is 4.52 Å². The molecule has 6 heteroatoms. The van der Waals surface area contributed by atoms with Crippen LogP contribution in [0.2, 0.25) is 0 Å². The summed E-state index contributed by atoms with van der Waals surface area (Å²) in [6.07, 6.45) is 1.54. The first-order chi connectivity index (χ1) is 6.31. The molecule has 0 aliphatic heterocycles. The maximum Gasteiger partial charge on any atom is 0.177 e. The summed E-state index contributed by atoms with van der Waals surface area (Å²) < 4.78 is 1.59. The highest BCUT2D eigenvalue weighted by Gasteiger charge is 2.02. The van der Waals surface area contributed by atoms with Crippen LogP contribution < -0.4 is 5.06 Å². The molecule has 0 saturated heterocycles. The smallest absolute Gasteiger partial charge is 0.177 e. The van der Waals surface area contributed by atoms with Gasteiger partial charge in [-0.25, -0.2) is 5.06 Å². The Morgan fingerprint density at radius 2 is 2.31 bits per heavy atom. The highest BCUT2D eigenvalue weighted by atomic mass is 16.7. The van der Waals surface area contributed by atoms with Crippen molar-refractivity contribution in [2.45, 2.75) is 0 Å². The van der Waals surface area contributed by atoms with Crippen molar-refractivity contribution in [3.8, 4) is 0 Å². The SMILES string of the molecule is CON(C)c1ccc2nncn2n1. The third-order valence-corrected chi connectivity index (χ3v) is 1.74. The topological polar surface area (TPSA) is 55.5 Å². The summed E-state index contributed by atoms with van der Waals surface area (Å²) in [7, 11) is 3.36. The lowest BCUT2D eigenvalue weighted by Gasteiger charge is -2.13. The molecular weight excluding hydrogens is 170 g/mol. The van der Waals surface area contributed by atoms with Crippen LogP contribution in [-0.2, 0) is 4.84 Å². The van der Waals surface area contributed by atoms with Crippen molar-refractivity contribution in [2.75, 3.05) is 19.2 Å². The Balaban J connectivity index is 2.48. The van der Waals surface area contributed by atoms with Gasteiger partial charge in [0.25, 0.3) is 0 Å². The summed E-state index contributed by atoms with van der Waals surface area (Å²) in [5.74, 6) is 0.704. The van der Waals surface area contributed by atoms with E-state index < -0.39 is 0 Å². The zero-order chi connectivity index (χ0) is 9.26. The van der Waals surface area contributed by atoms with E-state index in [-0.39, 0.29) is 0 Å². The maximum absolute atomic E-state index is 4.98. The quantitative estimate of drug-likeness (QED) is 0.613. The monoisotopic (exact) mass is 179 g/mol. The number of hydroxylamine groups is 1. The van der Waals surface area contributed by atoms with Crippen LogP contribution >= 0.6 is 0 Å². The second kappa shape index (κ2) is 2.98. The lowest BCUT2D eigenvalue weighted by atomic mass is 10.5. The molecule has 6 nitrogen and oxygen atoms in total. The molecule has 0 atom stereocenters. The fourth-order valence-electron chi connectivity index (χ4n) is 0.980. The van der Waals surface area contributed by atoms with Crippen LogP contribution in [-0.4, -0.2) is 34.0 Å². The van der Waals surface area contributed by atoms with Gasteiger partial charge in [0.2, 0.25) is 0 Å². The molecular formula is C7H9N5O. The summed E-state index contributed by atoms with van der Waals surface area (Å²) in [5, 5.41) is 13.3. The van der Waals surface area contributed by atoms with Crippen LogP contribution in [0.15, 0.2) is 18.5 Å². The predicted molar refractivity (Wildman–Crippen MR) is 46.2 cm³/mol. The highest BCUT2D eigenvalue weighted by Crippen LogP contribution is 2.08. The molecule has 0 fully saturated rings. The fraction of sp³-hybridized carbons (Fsp3) is 0.286. The minimum Gasteiger partial charge on any atom is -0.276 e. The molecule has 0 aromatic carbocycles. The Kier molecular flexibility index (Phi) is 1.82. The van der Waals surface area contributed by atoms with Crippen molar-refractivity contribution in [2.24, 2.45) is 0 Å². The molecule has 2 heterocycles. The fourth-order valence-corrected chi connectivity index (χ4v) is 0.980. The number of hydrogen-bond acceptors (Lipinski definition) is 5. The Morgan fingerprint density at radius 3 is 3.08 bits per heavy atom. The van der Waals surface area contributed by atoms with Crippen molar-refractivity contribution in [3.05, 3.63) is 18.5 Å². The van der Waals surface area contributed by atoms with E-state index in [9.17, 15) is 0 Å². The molecule has 68 valence electrons. The number of nitrogens with zero attached hydrogens (tertiary/aromatic N) is 5. The third kappa shape index (κ3) is 1.31. The van der Waals surface area contributed by atoms with Crippen molar-refractivity contribution < 1.29 is 4.84 Å². The van der Waals surface area contributed by atoms with Gasteiger partial charge in [0.15, 0.2) is 11.5 Å². The van der Waals surface area contributed by atoms with Crippen LogP contribution in [0.5, 0.6) is 0 Å². The Labute approximate surface area is 74.7 Å². The molecule has 0 amide bonds. The molecule has 0 saturated carbocycles. The minimum atomic E-state index is 0.704. The van der Waals surface area contributed by atoms with Gasteiger partial charge in [0, 0.05) is 7.05 Å². The van der Waals surface area contributed by atoms with Gasteiger partial charge in [-0.05, 0) is 12.1 Å². The molecule has 13 heavy (non-hydrogen) atoms. The lowest BCUT2D eigenvalue weighted by Crippen LogP contribution is -2.17.